The molecule has 0 unspecified atom stereocenters. The number of amides is 1. The smallest absolute Gasteiger partial charge is 0.226 e. The summed E-state index contributed by atoms with van der Waals surface area (Å²) in [6.45, 7) is 4.74. The lowest BCUT2D eigenvalue weighted by atomic mass is 10.2. The van der Waals surface area contributed by atoms with E-state index in [1.165, 1.54) is 0 Å². The number of rotatable bonds is 4. The molecule has 0 aliphatic carbocycles. The molecule has 0 fully saturated rings. The molecule has 1 amide bonds. The van der Waals surface area contributed by atoms with Crippen LogP contribution >= 0.6 is 0 Å². The molecule has 0 aliphatic heterocycles. The highest BCUT2D eigenvalue weighted by Crippen LogP contribution is 2.11. The molecule has 0 saturated carbocycles. The lowest BCUT2D eigenvalue weighted by Crippen LogP contribution is -2.15. The molecule has 0 spiro atoms. The number of carbonyl (C=O) groups excluding carboxylic acids is 1. The van der Waals surface area contributed by atoms with Gasteiger partial charge >= 0.3 is 0 Å². The molecule has 0 aliphatic rings. The molecule has 2 aromatic rings. The maximum absolute atomic E-state index is 11.9. The Morgan fingerprint density at radius 2 is 1.75 bits per heavy atom. The molecule has 20 heavy (non-hydrogen) atoms. The monoisotopic (exact) mass is 267 g/mol. The first-order chi connectivity index (χ1) is 9.60. The summed E-state index contributed by atoms with van der Waals surface area (Å²) in [5.74, 6) is -0.0257. The summed E-state index contributed by atoms with van der Waals surface area (Å²) in [5.41, 5.74) is 3.62. The van der Waals surface area contributed by atoms with Crippen LogP contribution in [0.1, 0.15) is 23.4 Å². The number of nitriles is 1. The van der Waals surface area contributed by atoms with Gasteiger partial charge in [0, 0.05) is 30.0 Å². The van der Waals surface area contributed by atoms with Gasteiger partial charge in [-0.1, -0.05) is 0 Å². The van der Waals surface area contributed by atoms with Crippen molar-refractivity contribution in [1.29, 1.82) is 5.26 Å². The largest absolute Gasteiger partial charge is 0.349 e. The van der Waals surface area contributed by atoms with E-state index in [0.29, 0.717) is 18.5 Å². The predicted molar refractivity (Wildman–Crippen MR) is 78.3 cm³/mol. The molecular formula is C16H17N3O. The zero-order chi connectivity index (χ0) is 14.5. The Hall–Kier alpha value is -2.54. The van der Waals surface area contributed by atoms with Crippen molar-refractivity contribution in [3.05, 3.63) is 53.3 Å². The predicted octanol–water partition coefficient (Wildman–Crippen LogP) is 3.01. The highest BCUT2D eigenvalue weighted by Gasteiger charge is 2.06. The standard InChI is InChI=1S/C16H17N3O/c1-12-3-4-13(2)19(12)10-9-16(20)18-15-7-5-14(11-17)6-8-15/h3-8H,9-10H2,1-2H3,(H,18,20). The number of hydrogen-bond acceptors (Lipinski definition) is 2. The van der Waals surface area contributed by atoms with Crippen molar-refractivity contribution < 1.29 is 4.79 Å². The molecule has 2 rings (SSSR count). The van der Waals surface area contributed by atoms with Crippen LogP contribution in [0.4, 0.5) is 5.69 Å². The Labute approximate surface area is 118 Å². The summed E-state index contributed by atoms with van der Waals surface area (Å²) >= 11 is 0. The number of carbonyl (C=O) groups is 1. The Balaban J connectivity index is 1.91. The van der Waals surface area contributed by atoms with Gasteiger partial charge in [0.05, 0.1) is 11.6 Å². The van der Waals surface area contributed by atoms with Gasteiger partial charge in [0.15, 0.2) is 0 Å². The third kappa shape index (κ3) is 3.27. The Bertz CT molecular complexity index is 628. The average Bonchev–Trinajstić information content (AvgIpc) is 2.77. The maximum atomic E-state index is 11.9. The zero-order valence-electron chi connectivity index (χ0n) is 11.7. The van der Waals surface area contributed by atoms with Crippen molar-refractivity contribution in [3.63, 3.8) is 0 Å². The molecule has 1 heterocycles. The summed E-state index contributed by atoms with van der Waals surface area (Å²) in [4.78, 5) is 11.9. The van der Waals surface area contributed by atoms with E-state index in [4.69, 9.17) is 5.26 Å². The summed E-state index contributed by atoms with van der Waals surface area (Å²) in [5, 5.41) is 11.5. The SMILES string of the molecule is Cc1ccc(C)n1CCC(=O)Nc1ccc(C#N)cc1. The quantitative estimate of drug-likeness (QED) is 0.925. The number of hydrogen-bond donors (Lipinski definition) is 1. The van der Waals surface area contributed by atoms with Crippen molar-refractivity contribution in [3.8, 4) is 6.07 Å². The van der Waals surface area contributed by atoms with Gasteiger partial charge in [0.2, 0.25) is 5.91 Å². The van der Waals surface area contributed by atoms with E-state index in [2.05, 4.69) is 9.88 Å². The maximum Gasteiger partial charge on any atom is 0.226 e. The lowest BCUT2D eigenvalue weighted by Gasteiger charge is -2.09. The summed E-state index contributed by atoms with van der Waals surface area (Å²) in [6.07, 6.45) is 0.427. The fraction of sp³-hybridized carbons (Fsp3) is 0.250. The fourth-order valence-corrected chi connectivity index (χ4v) is 2.12. The topological polar surface area (TPSA) is 57.8 Å². The number of nitrogens with one attached hydrogen (secondary N) is 1. The third-order valence-electron chi connectivity index (χ3n) is 3.28. The molecule has 102 valence electrons. The number of aromatic nitrogens is 1. The van der Waals surface area contributed by atoms with Gasteiger partial charge in [0.1, 0.15) is 0 Å². The van der Waals surface area contributed by atoms with Crippen LogP contribution in [0, 0.1) is 25.2 Å². The summed E-state index contributed by atoms with van der Waals surface area (Å²) < 4.78 is 2.12. The van der Waals surface area contributed by atoms with Gasteiger partial charge in [0.25, 0.3) is 0 Å². The molecule has 0 atom stereocenters. The number of nitrogens with zero attached hydrogens (tertiary/aromatic N) is 2. The van der Waals surface area contributed by atoms with E-state index < -0.39 is 0 Å². The fourth-order valence-electron chi connectivity index (χ4n) is 2.12. The number of anilines is 1. The second kappa shape index (κ2) is 6.07. The van der Waals surface area contributed by atoms with Crippen molar-refractivity contribution in [1.82, 2.24) is 4.57 Å². The molecular weight excluding hydrogens is 250 g/mol. The molecule has 0 saturated heterocycles. The Morgan fingerprint density at radius 3 is 2.30 bits per heavy atom. The first kappa shape index (κ1) is 13.9. The van der Waals surface area contributed by atoms with E-state index in [1.807, 2.05) is 32.0 Å². The van der Waals surface area contributed by atoms with Crippen LogP contribution in [0.25, 0.3) is 0 Å². The van der Waals surface area contributed by atoms with E-state index in [1.54, 1.807) is 24.3 Å². The van der Waals surface area contributed by atoms with Gasteiger partial charge in [-0.15, -0.1) is 0 Å². The number of aryl methyl sites for hydroxylation is 2. The molecule has 1 aromatic heterocycles. The minimum Gasteiger partial charge on any atom is -0.349 e. The van der Waals surface area contributed by atoms with Gasteiger partial charge in [-0.25, -0.2) is 0 Å². The van der Waals surface area contributed by atoms with Crippen LogP contribution in [0.2, 0.25) is 0 Å². The van der Waals surface area contributed by atoms with Gasteiger partial charge in [-0.2, -0.15) is 5.26 Å². The molecule has 1 aromatic carbocycles. The molecule has 0 radical (unpaired) electrons. The van der Waals surface area contributed by atoms with Crippen LogP contribution < -0.4 is 5.32 Å². The van der Waals surface area contributed by atoms with Crippen molar-refractivity contribution in [2.45, 2.75) is 26.8 Å². The average molecular weight is 267 g/mol. The minimum absolute atomic E-state index is 0.0257. The van der Waals surface area contributed by atoms with Crippen molar-refractivity contribution in [2.75, 3.05) is 5.32 Å². The van der Waals surface area contributed by atoms with Gasteiger partial charge in [-0.3, -0.25) is 4.79 Å². The van der Waals surface area contributed by atoms with E-state index in [0.717, 1.165) is 17.1 Å². The van der Waals surface area contributed by atoms with E-state index in [9.17, 15) is 4.79 Å². The Morgan fingerprint density at radius 1 is 1.15 bits per heavy atom. The van der Waals surface area contributed by atoms with E-state index in [-0.39, 0.29) is 5.91 Å². The first-order valence-corrected chi connectivity index (χ1v) is 6.53. The van der Waals surface area contributed by atoms with Gasteiger partial charge in [-0.05, 0) is 50.2 Å². The molecule has 4 nitrogen and oxygen atoms in total. The van der Waals surface area contributed by atoms with Crippen LogP contribution in [0.3, 0.4) is 0 Å². The second-order valence-electron chi connectivity index (χ2n) is 4.76. The first-order valence-electron chi connectivity index (χ1n) is 6.53. The minimum atomic E-state index is -0.0257. The van der Waals surface area contributed by atoms with Crippen LogP contribution in [0.5, 0.6) is 0 Å². The third-order valence-corrected chi connectivity index (χ3v) is 3.28. The zero-order valence-corrected chi connectivity index (χ0v) is 11.7. The van der Waals surface area contributed by atoms with Crippen molar-refractivity contribution >= 4 is 11.6 Å². The van der Waals surface area contributed by atoms with Crippen LogP contribution in [0.15, 0.2) is 36.4 Å². The lowest BCUT2D eigenvalue weighted by molar-refractivity contribution is -0.116. The summed E-state index contributed by atoms with van der Waals surface area (Å²) in [6, 6.07) is 13.0. The van der Waals surface area contributed by atoms with Crippen LogP contribution in [-0.2, 0) is 11.3 Å². The normalized spacial score (nSPS) is 10.1. The summed E-state index contributed by atoms with van der Waals surface area (Å²) in [7, 11) is 0. The molecule has 4 heteroatoms. The van der Waals surface area contributed by atoms with Crippen LogP contribution in [-0.4, -0.2) is 10.5 Å². The number of benzene rings is 1. The highest BCUT2D eigenvalue weighted by molar-refractivity contribution is 5.90. The highest BCUT2D eigenvalue weighted by atomic mass is 16.1. The van der Waals surface area contributed by atoms with Gasteiger partial charge < -0.3 is 9.88 Å². The molecule has 1 N–H and O–H groups in total. The van der Waals surface area contributed by atoms with Crippen molar-refractivity contribution in [2.24, 2.45) is 0 Å². The second-order valence-corrected chi connectivity index (χ2v) is 4.76. The molecule has 0 bridgehead atoms. The Kier molecular flexibility index (Phi) is 4.21. The van der Waals surface area contributed by atoms with E-state index >= 15 is 0 Å².